The maximum atomic E-state index is 15.0. The Morgan fingerprint density at radius 2 is 1.70 bits per heavy atom. The van der Waals surface area contributed by atoms with E-state index in [0.717, 1.165) is 18.4 Å². The first-order chi connectivity index (χ1) is 17.7. The van der Waals surface area contributed by atoms with Crippen LogP contribution in [0.3, 0.4) is 0 Å². The predicted molar refractivity (Wildman–Crippen MR) is 135 cm³/mol. The van der Waals surface area contributed by atoms with E-state index in [1.165, 1.54) is 12.1 Å². The molecular formula is C25H30F3N5O3S. The van der Waals surface area contributed by atoms with Crippen LogP contribution in [0.5, 0.6) is 0 Å². The van der Waals surface area contributed by atoms with Crippen LogP contribution in [0, 0.1) is 11.7 Å². The first-order valence-electron chi connectivity index (χ1n) is 11.8. The SMILES string of the molecule is CC(C)C.O=CN1CCN(S(=O)N(Cc2ccc(-c3nnc(C(F)F)o3)cc2F)c2ccccc2)CC1. The number of halogens is 3. The third-order valence-electron chi connectivity index (χ3n) is 5.12. The number of anilines is 1. The van der Waals surface area contributed by atoms with Gasteiger partial charge in [0.2, 0.25) is 12.3 Å². The second-order valence-corrected chi connectivity index (χ2v) is 10.4. The normalized spacial score (nSPS) is 14.9. The standard InChI is InChI=1S/C21H20F3N5O3S.C4H10/c22-18-12-15(20-25-26-21(32-20)19(23)24)6-7-16(18)13-29(17-4-2-1-3-5-17)33(31)28-10-8-27(14-30)9-11-28;1-4(2)3/h1-7,12,14,19H,8-11,13H2;4H,1-3H3. The first kappa shape index (κ1) is 28.3. The number of piperazine rings is 1. The van der Waals surface area contributed by atoms with Crippen molar-refractivity contribution in [1.29, 1.82) is 0 Å². The van der Waals surface area contributed by atoms with Gasteiger partial charge in [0, 0.05) is 37.3 Å². The van der Waals surface area contributed by atoms with Crippen molar-refractivity contribution in [3.8, 4) is 11.5 Å². The molecule has 4 rings (SSSR count). The molecule has 1 fully saturated rings. The lowest BCUT2D eigenvalue weighted by atomic mass is 10.1. The van der Waals surface area contributed by atoms with E-state index in [-0.39, 0.29) is 23.6 Å². The molecule has 1 aromatic heterocycles. The summed E-state index contributed by atoms with van der Waals surface area (Å²) in [5, 5.41) is 6.78. The number of hydrogen-bond donors (Lipinski definition) is 0. The number of alkyl halides is 2. The molecule has 0 radical (unpaired) electrons. The Balaban J connectivity index is 0.000000886. The molecule has 1 unspecified atom stereocenters. The summed E-state index contributed by atoms with van der Waals surface area (Å²) < 4.78 is 61.9. The summed E-state index contributed by atoms with van der Waals surface area (Å²) in [4.78, 5) is 12.6. The quantitative estimate of drug-likeness (QED) is 0.384. The number of carbonyl (C=O) groups excluding carboxylic acids is 1. The highest BCUT2D eigenvalue weighted by atomic mass is 32.2. The van der Waals surface area contributed by atoms with Gasteiger partial charge in [-0.25, -0.2) is 12.9 Å². The van der Waals surface area contributed by atoms with E-state index in [4.69, 9.17) is 4.42 Å². The third kappa shape index (κ3) is 7.86. The Kier molecular flexibility index (Phi) is 10.2. The van der Waals surface area contributed by atoms with E-state index >= 15 is 0 Å². The first-order valence-corrected chi connectivity index (χ1v) is 12.8. The topological polar surface area (TPSA) is 82.8 Å². The highest BCUT2D eigenvalue weighted by Gasteiger charge is 2.26. The summed E-state index contributed by atoms with van der Waals surface area (Å²) in [6.07, 6.45) is -2.15. The molecule has 8 nitrogen and oxygen atoms in total. The van der Waals surface area contributed by atoms with Gasteiger partial charge in [-0.2, -0.15) is 8.78 Å². The molecular weight excluding hydrogens is 507 g/mol. The summed E-state index contributed by atoms with van der Waals surface area (Å²) in [6.45, 7) is 8.22. The molecule has 37 heavy (non-hydrogen) atoms. The van der Waals surface area contributed by atoms with Crippen LogP contribution in [0.2, 0.25) is 0 Å². The molecule has 2 aromatic carbocycles. The van der Waals surface area contributed by atoms with E-state index in [1.807, 2.05) is 6.07 Å². The Bertz CT molecular complexity index is 1170. The van der Waals surface area contributed by atoms with Crippen molar-refractivity contribution in [2.45, 2.75) is 33.7 Å². The summed E-state index contributed by atoms with van der Waals surface area (Å²) in [7, 11) is 0. The molecule has 2 heterocycles. The molecule has 3 aromatic rings. The van der Waals surface area contributed by atoms with Crippen LogP contribution in [-0.2, 0) is 22.5 Å². The number of rotatable bonds is 8. The number of para-hydroxylation sites is 1. The summed E-state index contributed by atoms with van der Waals surface area (Å²) >= 11 is -1.63. The Morgan fingerprint density at radius 1 is 1.05 bits per heavy atom. The Labute approximate surface area is 216 Å². The van der Waals surface area contributed by atoms with E-state index in [0.29, 0.717) is 31.9 Å². The molecule has 0 N–H and O–H groups in total. The number of nitrogens with zero attached hydrogens (tertiary/aromatic N) is 5. The molecule has 1 aliphatic heterocycles. The van der Waals surface area contributed by atoms with Gasteiger partial charge >= 0.3 is 6.43 Å². The lowest BCUT2D eigenvalue weighted by Crippen LogP contribution is -2.49. The van der Waals surface area contributed by atoms with Crippen LogP contribution >= 0.6 is 0 Å². The zero-order valence-corrected chi connectivity index (χ0v) is 21.7. The Hall–Kier alpha value is -3.25. The molecule has 0 aliphatic carbocycles. The number of amides is 1. The minimum absolute atomic E-state index is 0.0112. The van der Waals surface area contributed by atoms with Crippen LogP contribution in [0.1, 0.15) is 38.7 Å². The van der Waals surface area contributed by atoms with E-state index in [1.54, 1.807) is 37.8 Å². The van der Waals surface area contributed by atoms with Gasteiger partial charge < -0.3 is 9.32 Å². The van der Waals surface area contributed by atoms with Gasteiger partial charge in [-0.1, -0.05) is 45.0 Å². The van der Waals surface area contributed by atoms with Gasteiger partial charge in [0.15, 0.2) is 11.2 Å². The second kappa shape index (κ2) is 13.3. The minimum atomic E-state index is -2.92. The summed E-state index contributed by atoms with van der Waals surface area (Å²) in [5.41, 5.74) is 1.04. The van der Waals surface area contributed by atoms with Gasteiger partial charge in [-0.15, -0.1) is 10.2 Å². The Morgan fingerprint density at radius 3 is 2.24 bits per heavy atom. The number of hydrogen-bond acceptors (Lipinski definition) is 5. The molecule has 0 saturated carbocycles. The van der Waals surface area contributed by atoms with Gasteiger partial charge in [0.05, 0.1) is 12.2 Å². The highest BCUT2D eigenvalue weighted by Crippen LogP contribution is 2.27. The van der Waals surface area contributed by atoms with Gasteiger partial charge in [0.1, 0.15) is 5.82 Å². The van der Waals surface area contributed by atoms with Crippen LogP contribution < -0.4 is 4.31 Å². The third-order valence-corrected chi connectivity index (χ3v) is 6.64. The second-order valence-electron chi connectivity index (χ2n) is 8.96. The lowest BCUT2D eigenvalue weighted by Gasteiger charge is -2.35. The lowest BCUT2D eigenvalue weighted by molar-refractivity contribution is -0.119. The number of aromatic nitrogens is 2. The average molecular weight is 538 g/mol. The van der Waals surface area contributed by atoms with Crippen molar-refractivity contribution < 1.29 is 26.6 Å². The monoisotopic (exact) mass is 537 g/mol. The summed E-state index contributed by atoms with van der Waals surface area (Å²) in [5.74, 6) is -0.852. The molecule has 12 heteroatoms. The van der Waals surface area contributed by atoms with Crippen LogP contribution in [-0.4, -0.2) is 56.2 Å². The largest absolute Gasteiger partial charge is 0.415 e. The fourth-order valence-electron chi connectivity index (χ4n) is 3.34. The van der Waals surface area contributed by atoms with Crippen molar-refractivity contribution >= 4 is 23.3 Å². The van der Waals surface area contributed by atoms with E-state index in [2.05, 4.69) is 31.0 Å². The van der Waals surface area contributed by atoms with Gasteiger partial charge in [-0.05, 0) is 30.2 Å². The van der Waals surface area contributed by atoms with Crippen molar-refractivity contribution in [2.24, 2.45) is 5.92 Å². The van der Waals surface area contributed by atoms with Gasteiger partial charge in [0.25, 0.3) is 5.89 Å². The van der Waals surface area contributed by atoms with Crippen LogP contribution in [0.15, 0.2) is 52.9 Å². The minimum Gasteiger partial charge on any atom is -0.415 e. The molecule has 1 saturated heterocycles. The molecule has 0 spiro atoms. The van der Waals surface area contributed by atoms with E-state index in [9.17, 15) is 22.2 Å². The molecule has 1 amide bonds. The number of benzene rings is 2. The average Bonchev–Trinajstić information content (AvgIpc) is 3.39. The zero-order valence-electron chi connectivity index (χ0n) is 20.9. The molecule has 0 bridgehead atoms. The van der Waals surface area contributed by atoms with Crippen LogP contribution in [0.25, 0.3) is 11.5 Å². The predicted octanol–water partition coefficient (Wildman–Crippen LogP) is 4.83. The highest BCUT2D eigenvalue weighted by molar-refractivity contribution is 7.84. The van der Waals surface area contributed by atoms with Crippen molar-refractivity contribution in [3.63, 3.8) is 0 Å². The van der Waals surface area contributed by atoms with Crippen molar-refractivity contribution in [3.05, 3.63) is 65.8 Å². The van der Waals surface area contributed by atoms with Crippen molar-refractivity contribution in [1.82, 2.24) is 19.4 Å². The fourth-order valence-corrected chi connectivity index (χ4v) is 4.64. The van der Waals surface area contributed by atoms with Crippen molar-refractivity contribution in [2.75, 3.05) is 30.5 Å². The maximum absolute atomic E-state index is 15.0. The maximum Gasteiger partial charge on any atom is 0.314 e. The smallest absolute Gasteiger partial charge is 0.314 e. The fraction of sp³-hybridized carbons (Fsp3) is 0.400. The molecule has 1 aliphatic rings. The van der Waals surface area contributed by atoms with Gasteiger partial charge in [-0.3, -0.25) is 9.10 Å². The van der Waals surface area contributed by atoms with E-state index < -0.39 is 29.3 Å². The molecule has 200 valence electrons. The molecule has 1 atom stereocenters. The zero-order chi connectivity index (χ0) is 26.9. The number of carbonyl (C=O) groups is 1. The van der Waals surface area contributed by atoms with Crippen LogP contribution in [0.4, 0.5) is 18.9 Å². The summed E-state index contributed by atoms with van der Waals surface area (Å²) in [6, 6.07) is 13.0.